The normalized spacial score (nSPS) is 19.3. The van der Waals surface area contributed by atoms with Gasteiger partial charge in [0.2, 0.25) is 11.8 Å². The zero-order valence-electron chi connectivity index (χ0n) is 19.4. The number of hydrogen-bond acceptors (Lipinski definition) is 6. The summed E-state index contributed by atoms with van der Waals surface area (Å²) in [6.07, 6.45) is 8.49. The molecule has 2 fully saturated rings. The van der Waals surface area contributed by atoms with Crippen molar-refractivity contribution in [2.24, 2.45) is 5.92 Å². The summed E-state index contributed by atoms with van der Waals surface area (Å²) in [5, 5.41) is 0. The molecule has 172 valence electrons. The largest absolute Gasteiger partial charge is 0.493 e. The van der Waals surface area contributed by atoms with Crippen LogP contribution in [-0.4, -0.2) is 53.6 Å². The fraction of sp³-hybridized carbons (Fsp3) is 0.560. The Balaban J connectivity index is 1.36. The Morgan fingerprint density at radius 1 is 1.12 bits per heavy atom. The predicted octanol–water partition coefficient (Wildman–Crippen LogP) is 4.59. The molecule has 0 radical (unpaired) electrons. The molecule has 1 unspecified atom stereocenters. The molecule has 0 N–H and O–H groups in total. The zero-order chi connectivity index (χ0) is 22.5. The summed E-state index contributed by atoms with van der Waals surface area (Å²) in [4.78, 5) is 25.8. The number of aryl methyl sites for hydroxylation is 1. The maximum atomic E-state index is 12.8. The van der Waals surface area contributed by atoms with E-state index in [0.29, 0.717) is 29.7 Å². The van der Waals surface area contributed by atoms with E-state index in [0.717, 1.165) is 43.4 Å². The summed E-state index contributed by atoms with van der Waals surface area (Å²) >= 11 is 0. The quantitative estimate of drug-likeness (QED) is 0.630. The third-order valence-electron chi connectivity index (χ3n) is 6.67. The molecule has 1 aromatic heterocycles. The number of carbonyl (C=O) groups excluding carboxylic acids is 1. The second kappa shape index (κ2) is 10.2. The molecule has 4 rings (SSSR count). The highest BCUT2D eigenvalue weighted by molar-refractivity contribution is 5.77. The zero-order valence-corrected chi connectivity index (χ0v) is 19.4. The van der Waals surface area contributed by atoms with Crippen molar-refractivity contribution in [2.45, 2.75) is 58.4 Å². The van der Waals surface area contributed by atoms with E-state index in [1.165, 1.54) is 32.0 Å². The van der Waals surface area contributed by atoms with Crippen LogP contribution >= 0.6 is 0 Å². The molecule has 1 aliphatic heterocycles. The van der Waals surface area contributed by atoms with E-state index in [9.17, 15) is 4.79 Å². The van der Waals surface area contributed by atoms with Crippen LogP contribution in [0.4, 0.5) is 5.82 Å². The minimum absolute atomic E-state index is 0.149. The lowest BCUT2D eigenvalue weighted by molar-refractivity contribution is -0.133. The lowest BCUT2D eigenvalue weighted by Crippen LogP contribution is -2.54. The average molecular weight is 439 g/mol. The highest BCUT2D eigenvalue weighted by Crippen LogP contribution is 2.32. The van der Waals surface area contributed by atoms with Gasteiger partial charge in [-0.2, -0.15) is 0 Å². The Morgan fingerprint density at radius 2 is 1.94 bits per heavy atom. The molecule has 7 heteroatoms. The van der Waals surface area contributed by atoms with E-state index in [1.807, 2.05) is 36.1 Å². The number of piperazine rings is 1. The van der Waals surface area contributed by atoms with Crippen LogP contribution in [0.25, 0.3) is 0 Å². The Hall–Kier alpha value is -2.83. The first-order valence-electron chi connectivity index (χ1n) is 11.7. The number of hydrogen-bond donors (Lipinski definition) is 0. The monoisotopic (exact) mass is 438 g/mol. The fourth-order valence-corrected chi connectivity index (χ4v) is 4.84. The molecule has 1 aromatic carbocycles. The van der Waals surface area contributed by atoms with E-state index in [-0.39, 0.29) is 6.04 Å². The number of nitrogens with zero attached hydrogens (tertiary/aromatic N) is 4. The van der Waals surface area contributed by atoms with Gasteiger partial charge in [-0.1, -0.05) is 31.7 Å². The second-order valence-corrected chi connectivity index (χ2v) is 9.04. The van der Waals surface area contributed by atoms with Gasteiger partial charge >= 0.3 is 0 Å². The third-order valence-corrected chi connectivity index (χ3v) is 6.67. The molecular weight excluding hydrogens is 404 g/mol. The van der Waals surface area contributed by atoms with Crippen molar-refractivity contribution in [3.05, 3.63) is 36.2 Å². The molecular formula is C25H34N4O3. The molecule has 1 saturated carbocycles. The Kier molecular flexibility index (Phi) is 7.12. The van der Waals surface area contributed by atoms with Gasteiger partial charge in [0.1, 0.15) is 12.1 Å². The lowest BCUT2D eigenvalue weighted by atomic mass is 10.0. The van der Waals surface area contributed by atoms with E-state index in [2.05, 4.69) is 21.8 Å². The van der Waals surface area contributed by atoms with Crippen LogP contribution in [0, 0.1) is 12.8 Å². The topological polar surface area (TPSA) is 67.8 Å². The van der Waals surface area contributed by atoms with Crippen LogP contribution in [0.3, 0.4) is 0 Å². The van der Waals surface area contributed by atoms with Crippen molar-refractivity contribution in [3.63, 3.8) is 0 Å². The average Bonchev–Trinajstić information content (AvgIpc) is 3.32. The van der Waals surface area contributed by atoms with Crippen LogP contribution in [0.15, 0.2) is 30.6 Å². The predicted molar refractivity (Wildman–Crippen MR) is 124 cm³/mol. The number of benzene rings is 1. The number of carbonyl (C=O) groups is 1. The van der Waals surface area contributed by atoms with Gasteiger partial charge in [0.05, 0.1) is 7.11 Å². The first-order valence-corrected chi connectivity index (χ1v) is 11.7. The number of methoxy groups -OCH3 is 1. The van der Waals surface area contributed by atoms with E-state index in [1.54, 1.807) is 7.11 Å². The van der Waals surface area contributed by atoms with Crippen molar-refractivity contribution < 1.29 is 14.3 Å². The molecule has 32 heavy (non-hydrogen) atoms. The number of aromatic nitrogens is 2. The maximum absolute atomic E-state index is 12.8. The second-order valence-electron chi connectivity index (χ2n) is 9.04. The molecule has 1 amide bonds. The SMILES string of the molecule is COc1cc(C)ccc1Oc1cc(N2CCN(C(=O)CCC3CCCC3)C(C)C2)ncn1. The molecule has 1 saturated heterocycles. The Bertz CT molecular complexity index is 929. The first kappa shape index (κ1) is 22.4. The van der Waals surface area contributed by atoms with Crippen LogP contribution in [0.5, 0.6) is 17.4 Å². The standard InChI is InChI=1S/C25H34N4O3/c1-18-8-10-21(22(14-18)31-3)32-24-15-23(26-17-27-24)28-12-13-29(19(2)16-28)25(30)11-9-20-6-4-5-7-20/h8,10,14-15,17,19-20H,4-7,9,11-13,16H2,1-3H3. The third kappa shape index (κ3) is 5.31. The van der Waals surface area contributed by atoms with E-state index < -0.39 is 0 Å². The summed E-state index contributed by atoms with van der Waals surface area (Å²) in [5.74, 6) is 3.62. The van der Waals surface area contributed by atoms with Gasteiger partial charge in [-0.05, 0) is 43.9 Å². The van der Waals surface area contributed by atoms with Gasteiger partial charge in [0, 0.05) is 38.2 Å². The van der Waals surface area contributed by atoms with Gasteiger partial charge in [-0.3, -0.25) is 4.79 Å². The summed E-state index contributed by atoms with van der Waals surface area (Å²) in [6, 6.07) is 7.79. The first-order chi connectivity index (χ1) is 15.5. The number of amides is 1. The minimum atomic E-state index is 0.149. The van der Waals surface area contributed by atoms with E-state index >= 15 is 0 Å². The molecule has 0 bridgehead atoms. The van der Waals surface area contributed by atoms with Crippen molar-refractivity contribution in [1.29, 1.82) is 0 Å². The van der Waals surface area contributed by atoms with Gasteiger partial charge in [-0.25, -0.2) is 9.97 Å². The summed E-state index contributed by atoms with van der Waals surface area (Å²) in [6.45, 7) is 6.35. The van der Waals surface area contributed by atoms with Crippen LogP contribution < -0.4 is 14.4 Å². The van der Waals surface area contributed by atoms with Crippen molar-refractivity contribution in [1.82, 2.24) is 14.9 Å². The van der Waals surface area contributed by atoms with Crippen molar-refractivity contribution in [2.75, 3.05) is 31.6 Å². The Labute approximate surface area is 190 Å². The molecule has 0 spiro atoms. The number of anilines is 1. The van der Waals surface area contributed by atoms with Gasteiger partial charge in [0.15, 0.2) is 11.5 Å². The highest BCUT2D eigenvalue weighted by atomic mass is 16.5. The summed E-state index contributed by atoms with van der Waals surface area (Å²) in [5.41, 5.74) is 1.10. The molecule has 2 aliphatic rings. The van der Waals surface area contributed by atoms with Crippen LogP contribution in [0.1, 0.15) is 51.0 Å². The summed E-state index contributed by atoms with van der Waals surface area (Å²) < 4.78 is 11.4. The van der Waals surface area contributed by atoms with Gasteiger partial charge in [-0.15, -0.1) is 0 Å². The number of rotatable bonds is 7. The fourth-order valence-electron chi connectivity index (χ4n) is 4.84. The molecule has 1 aliphatic carbocycles. The Morgan fingerprint density at radius 3 is 2.69 bits per heavy atom. The molecule has 2 heterocycles. The van der Waals surface area contributed by atoms with E-state index in [4.69, 9.17) is 9.47 Å². The molecule has 1 atom stereocenters. The van der Waals surface area contributed by atoms with Crippen molar-refractivity contribution >= 4 is 11.7 Å². The maximum Gasteiger partial charge on any atom is 0.224 e. The molecule has 7 nitrogen and oxygen atoms in total. The molecule has 2 aromatic rings. The summed E-state index contributed by atoms with van der Waals surface area (Å²) in [7, 11) is 1.63. The van der Waals surface area contributed by atoms with Gasteiger partial charge in [0.25, 0.3) is 0 Å². The van der Waals surface area contributed by atoms with Crippen LogP contribution in [0.2, 0.25) is 0 Å². The van der Waals surface area contributed by atoms with Crippen LogP contribution in [-0.2, 0) is 4.79 Å². The minimum Gasteiger partial charge on any atom is -0.493 e. The number of ether oxygens (including phenoxy) is 2. The van der Waals surface area contributed by atoms with Crippen molar-refractivity contribution in [3.8, 4) is 17.4 Å². The smallest absolute Gasteiger partial charge is 0.224 e. The van der Waals surface area contributed by atoms with Gasteiger partial charge < -0.3 is 19.3 Å². The highest BCUT2D eigenvalue weighted by Gasteiger charge is 2.29. The lowest BCUT2D eigenvalue weighted by Gasteiger charge is -2.40.